The van der Waals surface area contributed by atoms with Crippen molar-refractivity contribution in [2.75, 3.05) is 13.7 Å². The molecule has 1 unspecified atom stereocenters. The SMILES string of the molecule is CNC(C1=COCCC1)c1ccc(Br)c(C)c1. The molecule has 0 aliphatic carbocycles. The van der Waals surface area contributed by atoms with Crippen molar-refractivity contribution in [3.8, 4) is 0 Å². The monoisotopic (exact) mass is 295 g/mol. The Hall–Kier alpha value is -0.800. The van der Waals surface area contributed by atoms with Gasteiger partial charge in [-0.05, 0) is 49.6 Å². The van der Waals surface area contributed by atoms with E-state index in [-0.39, 0.29) is 6.04 Å². The van der Waals surface area contributed by atoms with E-state index in [4.69, 9.17) is 4.74 Å². The number of hydrogen-bond acceptors (Lipinski definition) is 2. The lowest BCUT2D eigenvalue weighted by atomic mass is 9.94. The van der Waals surface area contributed by atoms with Gasteiger partial charge in [0.25, 0.3) is 0 Å². The molecule has 1 aliphatic rings. The number of halogens is 1. The van der Waals surface area contributed by atoms with Gasteiger partial charge in [0.05, 0.1) is 18.9 Å². The molecular formula is C14H18BrNO. The Morgan fingerprint density at radius 2 is 2.24 bits per heavy atom. The fourth-order valence-electron chi connectivity index (χ4n) is 2.21. The average molecular weight is 296 g/mol. The van der Waals surface area contributed by atoms with Crippen LogP contribution in [0.5, 0.6) is 0 Å². The van der Waals surface area contributed by atoms with E-state index in [1.165, 1.54) is 16.7 Å². The third kappa shape index (κ3) is 2.90. The Balaban J connectivity index is 2.28. The Bertz CT molecular complexity index is 428. The van der Waals surface area contributed by atoms with Gasteiger partial charge in [0.1, 0.15) is 0 Å². The Morgan fingerprint density at radius 1 is 1.41 bits per heavy atom. The first-order valence-electron chi connectivity index (χ1n) is 5.96. The molecule has 17 heavy (non-hydrogen) atoms. The van der Waals surface area contributed by atoms with Gasteiger partial charge < -0.3 is 10.1 Å². The summed E-state index contributed by atoms with van der Waals surface area (Å²) in [7, 11) is 2.00. The molecule has 2 nitrogen and oxygen atoms in total. The Kier molecular flexibility index (Phi) is 4.24. The number of nitrogens with one attached hydrogen (secondary N) is 1. The fraction of sp³-hybridized carbons (Fsp3) is 0.429. The molecule has 1 aromatic carbocycles. The average Bonchev–Trinajstić information content (AvgIpc) is 2.36. The van der Waals surface area contributed by atoms with Gasteiger partial charge in [0, 0.05) is 4.47 Å². The van der Waals surface area contributed by atoms with Crippen molar-refractivity contribution in [1.29, 1.82) is 0 Å². The highest BCUT2D eigenvalue weighted by Crippen LogP contribution is 2.29. The minimum absolute atomic E-state index is 0.266. The zero-order valence-electron chi connectivity index (χ0n) is 10.3. The van der Waals surface area contributed by atoms with Crippen molar-refractivity contribution in [3.05, 3.63) is 45.6 Å². The molecule has 0 bridgehead atoms. The van der Waals surface area contributed by atoms with Crippen LogP contribution in [0.15, 0.2) is 34.5 Å². The molecule has 0 saturated heterocycles. The smallest absolute Gasteiger partial charge is 0.0876 e. The first-order chi connectivity index (χ1) is 8.22. The summed E-state index contributed by atoms with van der Waals surface area (Å²) in [5.41, 5.74) is 3.89. The van der Waals surface area contributed by atoms with Crippen LogP contribution in [0.1, 0.15) is 30.0 Å². The number of ether oxygens (including phenoxy) is 1. The summed E-state index contributed by atoms with van der Waals surface area (Å²) < 4.78 is 6.59. The second-order valence-corrected chi connectivity index (χ2v) is 5.25. The molecule has 92 valence electrons. The van der Waals surface area contributed by atoms with E-state index in [2.05, 4.69) is 46.4 Å². The third-order valence-corrected chi connectivity index (χ3v) is 4.03. The van der Waals surface area contributed by atoms with Crippen LogP contribution in [-0.4, -0.2) is 13.7 Å². The van der Waals surface area contributed by atoms with E-state index in [1.807, 2.05) is 13.3 Å². The van der Waals surface area contributed by atoms with Crippen LogP contribution < -0.4 is 5.32 Å². The molecule has 1 N–H and O–H groups in total. The van der Waals surface area contributed by atoms with Crippen LogP contribution in [0.3, 0.4) is 0 Å². The lowest BCUT2D eigenvalue weighted by molar-refractivity contribution is 0.220. The molecule has 1 aliphatic heterocycles. The van der Waals surface area contributed by atoms with E-state index in [1.54, 1.807) is 0 Å². The zero-order valence-corrected chi connectivity index (χ0v) is 11.9. The fourth-order valence-corrected chi connectivity index (χ4v) is 2.46. The molecule has 0 amide bonds. The maximum absolute atomic E-state index is 5.43. The Labute approximate surface area is 111 Å². The van der Waals surface area contributed by atoms with Crippen molar-refractivity contribution in [2.45, 2.75) is 25.8 Å². The largest absolute Gasteiger partial charge is 0.501 e. The van der Waals surface area contributed by atoms with E-state index >= 15 is 0 Å². The van der Waals surface area contributed by atoms with Gasteiger partial charge in [-0.1, -0.05) is 28.1 Å². The standard InChI is InChI=1S/C14H18BrNO/c1-10-8-11(5-6-13(10)15)14(16-2)12-4-3-7-17-9-12/h5-6,8-9,14,16H,3-4,7H2,1-2H3. The van der Waals surface area contributed by atoms with Crippen LogP contribution in [0, 0.1) is 6.92 Å². The van der Waals surface area contributed by atoms with Gasteiger partial charge in [-0.25, -0.2) is 0 Å². The molecule has 0 saturated carbocycles. The summed E-state index contributed by atoms with van der Waals surface area (Å²) in [6, 6.07) is 6.76. The summed E-state index contributed by atoms with van der Waals surface area (Å²) in [5.74, 6) is 0. The molecule has 1 aromatic rings. The predicted molar refractivity (Wildman–Crippen MR) is 73.9 cm³/mol. The van der Waals surface area contributed by atoms with Crippen LogP contribution >= 0.6 is 15.9 Å². The summed E-state index contributed by atoms with van der Waals surface area (Å²) in [6.07, 6.45) is 4.14. The number of hydrogen-bond donors (Lipinski definition) is 1. The van der Waals surface area contributed by atoms with E-state index in [0.717, 1.165) is 23.9 Å². The molecule has 1 heterocycles. The summed E-state index contributed by atoms with van der Waals surface area (Å²) >= 11 is 3.54. The lowest BCUT2D eigenvalue weighted by Crippen LogP contribution is -2.20. The molecule has 0 spiro atoms. The molecular weight excluding hydrogens is 278 g/mol. The molecule has 0 fully saturated rings. The topological polar surface area (TPSA) is 21.3 Å². The van der Waals surface area contributed by atoms with Crippen LogP contribution in [0.25, 0.3) is 0 Å². The van der Waals surface area contributed by atoms with E-state index in [0.29, 0.717) is 0 Å². The number of likely N-dealkylation sites (N-methyl/N-ethyl adjacent to an activating group) is 1. The van der Waals surface area contributed by atoms with Crippen LogP contribution in [0.2, 0.25) is 0 Å². The maximum atomic E-state index is 5.43. The molecule has 1 atom stereocenters. The first kappa shape index (κ1) is 12.7. The highest BCUT2D eigenvalue weighted by Gasteiger charge is 2.17. The third-order valence-electron chi connectivity index (χ3n) is 3.14. The van der Waals surface area contributed by atoms with Crippen molar-refractivity contribution in [3.63, 3.8) is 0 Å². The van der Waals surface area contributed by atoms with Crippen molar-refractivity contribution < 1.29 is 4.74 Å². The van der Waals surface area contributed by atoms with Gasteiger partial charge in [-0.2, -0.15) is 0 Å². The summed E-state index contributed by atoms with van der Waals surface area (Å²) in [6.45, 7) is 2.96. The maximum Gasteiger partial charge on any atom is 0.0876 e. The lowest BCUT2D eigenvalue weighted by Gasteiger charge is -2.23. The van der Waals surface area contributed by atoms with Crippen molar-refractivity contribution >= 4 is 15.9 Å². The Morgan fingerprint density at radius 3 is 2.82 bits per heavy atom. The second kappa shape index (κ2) is 5.69. The van der Waals surface area contributed by atoms with Gasteiger partial charge in [-0.15, -0.1) is 0 Å². The quantitative estimate of drug-likeness (QED) is 0.918. The molecule has 3 heteroatoms. The van der Waals surface area contributed by atoms with Crippen LogP contribution in [0.4, 0.5) is 0 Å². The van der Waals surface area contributed by atoms with E-state index < -0.39 is 0 Å². The van der Waals surface area contributed by atoms with Crippen molar-refractivity contribution in [2.24, 2.45) is 0 Å². The summed E-state index contributed by atoms with van der Waals surface area (Å²) in [4.78, 5) is 0. The summed E-state index contributed by atoms with van der Waals surface area (Å²) in [5, 5.41) is 3.37. The van der Waals surface area contributed by atoms with Gasteiger partial charge in [0.2, 0.25) is 0 Å². The number of rotatable bonds is 3. The van der Waals surface area contributed by atoms with Crippen molar-refractivity contribution in [1.82, 2.24) is 5.32 Å². The normalized spacial score (nSPS) is 17.2. The number of aryl methyl sites for hydroxylation is 1. The second-order valence-electron chi connectivity index (χ2n) is 4.40. The predicted octanol–water partition coefficient (Wildman–Crippen LogP) is 3.71. The van der Waals surface area contributed by atoms with Gasteiger partial charge in [0.15, 0.2) is 0 Å². The zero-order chi connectivity index (χ0) is 12.3. The van der Waals surface area contributed by atoms with Gasteiger partial charge >= 0.3 is 0 Å². The van der Waals surface area contributed by atoms with Crippen LogP contribution in [-0.2, 0) is 4.74 Å². The molecule has 0 aromatic heterocycles. The van der Waals surface area contributed by atoms with Gasteiger partial charge in [-0.3, -0.25) is 0 Å². The highest BCUT2D eigenvalue weighted by molar-refractivity contribution is 9.10. The minimum Gasteiger partial charge on any atom is -0.501 e. The van der Waals surface area contributed by atoms with E-state index in [9.17, 15) is 0 Å². The first-order valence-corrected chi connectivity index (χ1v) is 6.75. The molecule has 2 rings (SSSR count). The minimum atomic E-state index is 0.266. The molecule has 0 radical (unpaired) electrons. The highest BCUT2D eigenvalue weighted by atomic mass is 79.9. The number of benzene rings is 1.